The Morgan fingerprint density at radius 1 is 1.19 bits per heavy atom. The molecule has 0 bridgehead atoms. The van der Waals surface area contributed by atoms with Crippen LogP contribution >= 0.6 is 15.9 Å². The van der Waals surface area contributed by atoms with E-state index in [2.05, 4.69) is 15.9 Å². The van der Waals surface area contributed by atoms with Crippen molar-refractivity contribution in [3.63, 3.8) is 0 Å². The lowest BCUT2D eigenvalue weighted by molar-refractivity contribution is -0.137. The van der Waals surface area contributed by atoms with Crippen LogP contribution in [-0.2, 0) is 6.18 Å². The minimum atomic E-state index is -4.68. The maximum Gasteiger partial charge on any atom is 0.416 e. The van der Waals surface area contributed by atoms with Crippen LogP contribution in [0, 0.1) is 0 Å². The van der Waals surface area contributed by atoms with E-state index in [1.54, 1.807) is 0 Å². The van der Waals surface area contributed by atoms with Crippen LogP contribution in [0.5, 0.6) is 0 Å². The van der Waals surface area contributed by atoms with Gasteiger partial charge in [0.05, 0.1) is 5.56 Å². The largest absolute Gasteiger partial charge is 0.416 e. The standard InChI is InChI=1S/C9H4BrF5O/c10-6-2-4(7(16)8(11)12)1-5(3-6)9(13,14)15/h1-3,8H. The number of hydrogen-bond acceptors (Lipinski definition) is 1. The molecule has 0 fully saturated rings. The lowest BCUT2D eigenvalue weighted by Gasteiger charge is -2.09. The maximum absolute atomic E-state index is 12.3. The van der Waals surface area contributed by atoms with Gasteiger partial charge in [0.2, 0.25) is 5.78 Å². The average Bonchev–Trinajstić information content (AvgIpc) is 2.14. The summed E-state index contributed by atoms with van der Waals surface area (Å²) in [5.74, 6) is -1.63. The Bertz CT molecular complexity index is 413. The molecule has 0 spiro atoms. The molecule has 0 heterocycles. The first-order valence-corrected chi connectivity index (χ1v) is 4.71. The summed E-state index contributed by atoms with van der Waals surface area (Å²) in [6.45, 7) is 0. The Morgan fingerprint density at radius 3 is 2.19 bits per heavy atom. The van der Waals surface area contributed by atoms with E-state index in [9.17, 15) is 26.7 Å². The number of hydrogen-bond donors (Lipinski definition) is 0. The molecule has 1 aromatic rings. The molecule has 0 aromatic heterocycles. The van der Waals surface area contributed by atoms with Gasteiger partial charge in [0.1, 0.15) is 0 Å². The fourth-order valence-electron chi connectivity index (χ4n) is 1.02. The second kappa shape index (κ2) is 4.48. The highest BCUT2D eigenvalue weighted by molar-refractivity contribution is 9.10. The molecule has 0 amide bonds. The molecule has 16 heavy (non-hydrogen) atoms. The van der Waals surface area contributed by atoms with Crippen LogP contribution in [-0.4, -0.2) is 12.2 Å². The molecule has 1 nitrogen and oxygen atoms in total. The molecule has 0 saturated heterocycles. The van der Waals surface area contributed by atoms with Crippen molar-refractivity contribution in [2.75, 3.05) is 0 Å². The molecular formula is C9H4BrF5O. The monoisotopic (exact) mass is 302 g/mol. The molecule has 0 aliphatic carbocycles. The Morgan fingerprint density at radius 2 is 1.75 bits per heavy atom. The second-order valence-electron chi connectivity index (χ2n) is 2.89. The molecule has 0 atom stereocenters. The summed E-state index contributed by atoms with van der Waals surface area (Å²) < 4.78 is 60.9. The number of ketones is 1. The second-order valence-corrected chi connectivity index (χ2v) is 3.81. The Balaban J connectivity index is 3.24. The van der Waals surface area contributed by atoms with E-state index >= 15 is 0 Å². The number of carbonyl (C=O) groups excluding carboxylic acids is 1. The summed E-state index contributed by atoms with van der Waals surface area (Å²) in [6.07, 6.45) is -8.00. The third-order valence-electron chi connectivity index (χ3n) is 1.71. The summed E-state index contributed by atoms with van der Waals surface area (Å²) >= 11 is 2.73. The number of Topliss-reactive ketones (excluding diaryl/α,β-unsaturated/α-hetero) is 1. The zero-order valence-electron chi connectivity index (χ0n) is 7.49. The van der Waals surface area contributed by atoms with Gasteiger partial charge in [-0.1, -0.05) is 15.9 Å². The highest BCUT2D eigenvalue weighted by atomic mass is 79.9. The van der Waals surface area contributed by atoms with Crippen molar-refractivity contribution in [2.24, 2.45) is 0 Å². The van der Waals surface area contributed by atoms with Crippen molar-refractivity contribution in [3.8, 4) is 0 Å². The minimum Gasteiger partial charge on any atom is -0.288 e. The molecule has 88 valence electrons. The van der Waals surface area contributed by atoms with Crippen LogP contribution in [0.1, 0.15) is 15.9 Å². The fraction of sp³-hybridized carbons (Fsp3) is 0.222. The molecule has 0 saturated carbocycles. The van der Waals surface area contributed by atoms with Crippen molar-refractivity contribution in [3.05, 3.63) is 33.8 Å². The van der Waals surface area contributed by atoms with Gasteiger partial charge in [-0.25, -0.2) is 8.78 Å². The number of carbonyl (C=O) groups is 1. The first-order chi connectivity index (χ1) is 7.21. The van der Waals surface area contributed by atoms with Gasteiger partial charge in [0.15, 0.2) is 0 Å². The molecule has 0 unspecified atom stereocenters. The molecule has 0 radical (unpaired) electrons. The van der Waals surface area contributed by atoms with Crippen molar-refractivity contribution in [1.29, 1.82) is 0 Å². The van der Waals surface area contributed by atoms with Crippen LogP contribution in [0.4, 0.5) is 22.0 Å². The summed E-state index contributed by atoms with van der Waals surface area (Å²) in [5, 5.41) is 0. The quantitative estimate of drug-likeness (QED) is 0.598. The summed E-state index contributed by atoms with van der Waals surface area (Å²) in [7, 11) is 0. The van der Waals surface area contributed by atoms with Gasteiger partial charge in [-0.2, -0.15) is 13.2 Å². The van der Waals surface area contributed by atoms with E-state index in [1.807, 2.05) is 0 Å². The highest BCUT2D eigenvalue weighted by Gasteiger charge is 2.32. The summed E-state index contributed by atoms with van der Waals surface area (Å²) in [4.78, 5) is 10.8. The molecular weight excluding hydrogens is 299 g/mol. The SMILES string of the molecule is O=C(c1cc(Br)cc(C(F)(F)F)c1)C(F)F. The van der Waals surface area contributed by atoms with E-state index in [-0.39, 0.29) is 4.47 Å². The Hall–Kier alpha value is -0.980. The van der Waals surface area contributed by atoms with Gasteiger partial charge in [-0.15, -0.1) is 0 Å². The normalized spacial score (nSPS) is 11.9. The van der Waals surface area contributed by atoms with Crippen LogP contribution in [0.3, 0.4) is 0 Å². The lowest BCUT2D eigenvalue weighted by atomic mass is 10.1. The Labute approximate surface area is 95.4 Å². The molecule has 7 heteroatoms. The smallest absolute Gasteiger partial charge is 0.288 e. The number of rotatable bonds is 2. The molecule has 1 rings (SSSR count). The van der Waals surface area contributed by atoms with Crippen molar-refractivity contribution < 1.29 is 26.7 Å². The van der Waals surface area contributed by atoms with E-state index in [0.29, 0.717) is 12.1 Å². The average molecular weight is 303 g/mol. The van der Waals surface area contributed by atoms with Crippen molar-refractivity contribution >= 4 is 21.7 Å². The maximum atomic E-state index is 12.3. The van der Waals surface area contributed by atoms with E-state index < -0.39 is 29.5 Å². The topological polar surface area (TPSA) is 17.1 Å². The van der Waals surface area contributed by atoms with E-state index in [4.69, 9.17) is 0 Å². The van der Waals surface area contributed by atoms with Crippen molar-refractivity contribution in [1.82, 2.24) is 0 Å². The van der Waals surface area contributed by atoms with Crippen LogP contribution in [0.15, 0.2) is 22.7 Å². The molecule has 0 N–H and O–H groups in total. The van der Waals surface area contributed by atoms with Crippen LogP contribution in [0.2, 0.25) is 0 Å². The zero-order chi connectivity index (χ0) is 12.5. The van der Waals surface area contributed by atoms with Gasteiger partial charge >= 0.3 is 12.6 Å². The predicted octanol–water partition coefficient (Wildman–Crippen LogP) is 3.92. The van der Waals surface area contributed by atoms with Gasteiger partial charge in [0, 0.05) is 10.0 Å². The molecule has 0 aliphatic rings. The zero-order valence-corrected chi connectivity index (χ0v) is 9.07. The first kappa shape index (κ1) is 13.1. The van der Waals surface area contributed by atoms with E-state index in [0.717, 1.165) is 6.07 Å². The van der Waals surface area contributed by atoms with Gasteiger partial charge in [0.25, 0.3) is 0 Å². The van der Waals surface area contributed by atoms with Crippen LogP contribution < -0.4 is 0 Å². The van der Waals surface area contributed by atoms with E-state index in [1.165, 1.54) is 0 Å². The van der Waals surface area contributed by atoms with Gasteiger partial charge in [-0.3, -0.25) is 4.79 Å². The number of alkyl halides is 5. The predicted molar refractivity (Wildman–Crippen MR) is 49.5 cm³/mol. The first-order valence-electron chi connectivity index (χ1n) is 3.92. The third kappa shape index (κ3) is 3.01. The third-order valence-corrected chi connectivity index (χ3v) is 2.17. The summed E-state index contributed by atoms with van der Waals surface area (Å²) in [6, 6.07) is 2.03. The van der Waals surface area contributed by atoms with Gasteiger partial charge < -0.3 is 0 Å². The van der Waals surface area contributed by atoms with Gasteiger partial charge in [-0.05, 0) is 18.2 Å². The minimum absolute atomic E-state index is 0.0775. The summed E-state index contributed by atoms with van der Waals surface area (Å²) in [5.41, 5.74) is -1.82. The van der Waals surface area contributed by atoms with Crippen molar-refractivity contribution in [2.45, 2.75) is 12.6 Å². The fourth-order valence-corrected chi connectivity index (χ4v) is 1.51. The highest BCUT2D eigenvalue weighted by Crippen LogP contribution is 2.32. The van der Waals surface area contributed by atoms with Crippen LogP contribution in [0.25, 0.3) is 0 Å². The Kier molecular flexibility index (Phi) is 3.67. The molecule has 0 aliphatic heterocycles. The molecule has 1 aromatic carbocycles. The lowest BCUT2D eigenvalue weighted by Crippen LogP contribution is -2.13. The number of benzene rings is 1. The number of halogens is 6.